The Balaban J connectivity index is 2.05. The second-order valence-corrected chi connectivity index (χ2v) is 6.01. The lowest BCUT2D eigenvalue weighted by molar-refractivity contribution is 0.200. The van der Waals surface area contributed by atoms with Gasteiger partial charge in [-0.2, -0.15) is 0 Å². The van der Waals surface area contributed by atoms with E-state index in [4.69, 9.17) is 15.2 Å². The van der Waals surface area contributed by atoms with Crippen LogP contribution in [0.25, 0.3) is 0 Å². The van der Waals surface area contributed by atoms with Gasteiger partial charge in [-0.25, -0.2) is 4.99 Å². The summed E-state index contributed by atoms with van der Waals surface area (Å²) in [5.74, 6) is 2.04. The molecule has 5 heteroatoms. The number of methoxy groups -OCH3 is 1. The quantitative estimate of drug-likeness (QED) is 0.626. The van der Waals surface area contributed by atoms with Crippen LogP contribution in [0.5, 0.6) is 11.5 Å². The topological polar surface area (TPSA) is 68.9 Å². The smallest absolute Gasteiger partial charge is 0.189 e. The van der Waals surface area contributed by atoms with E-state index in [1.807, 2.05) is 32.0 Å². The molecule has 1 aliphatic rings. The highest BCUT2D eigenvalue weighted by molar-refractivity contribution is 5.78. The van der Waals surface area contributed by atoms with Crippen LogP contribution >= 0.6 is 0 Å². The van der Waals surface area contributed by atoms with Crippen LogP contribution < -0.4 is 20.5 Å². The van der Waals surface area contributed by atoms with Gasteiger partial charge in [-0.15, -0.1) is 0 Å². The lowest BCUT2D eigenvalue weighted by atomic mass is 10.2. The van der Waals surface area contributed by atoms with Crippen molar-refractivity contribution >= 4 is 5.96 Å². The van der Waals surface area contributed by atoms with E-state index in [-0.39, 0.29) is 6.04 Å². The fourth-order valence-corrected chi connectivity index (χ4v) is 2.62. The van der Waals surface area contributed by atoms with Crippen molar-refractivity contribution in [3.63, 3.8) is 0 Å². The van der Waals surface area contributed by atoms with Crippen molar-refractivity contribution in [1.82, 2.24) is 5.32 Å². The molecule has 0 radical (unpaired) electrons. The first-order valence-electron chi connectivity index (χ1n) is 7.98. The highest BCUT2D eigenvalue weighted by Crippen LogP contribution is 2.32. The number of guanidine groups is 1. The van der Waals surface area contributed by atoms with Crippen molar-refractivity contribution in [1.29, 1.82) is 0 Å². The monoisotopic (exact) mass is 305 g/mol. The minimum absolute atomic E-state index is 0.279. The van der Waals surface area contributed by atoms with E-state index in [1.54, 1.807) is 7.11 Å². The number of aliphatic imine (C=N–C) groups is 1. The Bertz CT molecular complexity index is 509. The molecule has 0 amide bonds. The molecule has 3 N–H and O–H groups in total. The Morgan fingerprint density at radius 2 is 2.05 bits per heavy atom. The lowest BCUT2D eigenvalue weighted by Crippen LogP contribution is -2.36. The molecule has 0 aromatic heterocycles. The van der Waals surface area contributed by atoms with Crippen LogP contribution in [0, 0.1) is 0 Å². The van der Waals surface area contributed by atoms with Gasteiger partial charge >= 0.3 is 0 Å². The van der Waals surface area contributed by atoms with Crippen LogP contribution in [-0.2, 0) is 6.54 Å². The molecular weight excluding hydrogens is 278 g/mol. The molecule has 2 rings (SSSR count). The Kier molecular flexibility index (Phi) is 5.92. The first-order valence-corrected chi connectivity index (χ1v) is 7.98. The molecule has 0 spiro atoms. The molecule has 122 valence electrons. The van der Waals surface area contributed by atoms with Gasteiger partial charge in [0.1, 0.15) is 0 Å². The SMILES string of the molecule is COc1ccc(CN=C(N)NC(C)C)cc1OC1CCCC1. The van der Waals surface area contributed by atoms with Gasteiger partial charge in [0, 0.05) is 6.04 Å². The van der Waals surface area contributed by atoms with Gasteiger partial charge in [0.05, 0.1) is 19.8 Å². The van der Waals surface area contributed by atoms with Gasteiger partial charge in [-0.3, -0.25) is 0 Å². The second-order valence-electron chi connectivity index (χ2n) is 6.01. The third-order valence-electron chi connectivity index (χ3n) is 3.69. The molecule has 1 aromatic rings. The Morgan fingerprint density at radius 3 is 2.68 bits per heavy atom. The maximum Gasteiger partial charge on any atom is 0.189 e. The van der Waals surface area contributed by atoms with E-state index in [9.17, 15) is 0 Å². The molecule has 1 aliphatic carbocycles. The lowest BCUT2D eigenvalue weighted by Gasteiger charge is -2.16. The van der Waals surface area contributed by atoms with Gasteiger partial charge in [-0.05, 0) is 57.2 Å². The molecule has 1 saturated carbocycles. The van der Waals surface area contributed by atoms with Crippen LogP contribution in [0.4, 0.5) is 0 Å². The highest BCUT2D eigenvalue weighted by Gasteiger charge is 2.18. The molecule has 1 fully saturated rings. The summed E-state index contributed by atoms with van der Waals surface area (Å²) in [6.45, 7) is 4.59. The van der Waals surface area contributed by atoms with E-state index < -0.39 is 0 Å². The van der Waals surface area contributed by atoms with Gasteiger partial charge in [0.25, 0.3) is 0 Å². The zero-order valence-corrected chi connectivity index (χ0v) is 13.8. The maximum absolute atomic E-state index is 6.09. The number of benzene rings is 1. The van der Waals surface area contributed by atoms with E-state index >= 15 is 0 Å². The molecule has 0 bridgehead atoms. The Hall–Kier alpha value is -1.91. The number of hydrogen-bond donors (Lipinski definition) is 2. The third kappa shape index (κ3) is 4.83. The normalized spacial score (nSPS) is 16.1. The summed E-state index contributed by atoms with van der Waals surface area (Å²) < 4.78 is 11.5. The van der Waals surface area contributed by atoms with Crippen LogP contribution in [0.1, 0.15) is 45.1 Å². The van der Waals surface area contributed by atoms with Crippen LogP contribution in [0.15, 0.2) is 23.2 Å². The minimum Gasteiger partial charge on any atom is -0.493 e. The fourth-order valence-electron chi connectivity index (χ4n) is 2.62. The van der Waals surface area contributed by atoms with Gasteiger partial charge < -0.3 is 20.5 Å². The van der Waals surface area contributed by atoms with Crippen molar-refractivity contribution in [3.8, 4) is 11.5 Å². The number of nitrogens with one attached hydrogen (secondary N) is 1. The summed E-state index contributed by atoms with van der Waals surface area (Å²) in [6, 6.07) is 6.21. The fraction of sp³-hybridized carbons (Fsp3) is 0.588. The van der Waals surface area contributed by atoms with Crippen molar-refractivity contribution in [2.24, 2.45) is 10.7 Å². The van der Waals surface area contributed by atoms with Gasteiger partial charge in [-0.1, -0.05) is 6.07 Å². The number of nitrogens with two attached hydrogens (primary N) is 1. The molecule has 0 heterocycles. The van der Waals surface area contributed by atoms with E-state index in [0.29, 0.717) is 18.6 Å². The molecule has 22 heavy (non-hydrogen) atoms. The summed E-state index contributed by atoms with van der Waals surface area (Å²) in [6.07, 6.45) is 5.04. The molecule has 0 atom stereocenters. The molecule has 0 unspecified atom stereocenters. The predicted octanol–water partition coefficient (Wildman–Crippen LogP) is 2.83. The molecular formula is C17H27N3O2. The summed E-state index contributed by atoms with van der Waals surface area (Å²) in [7, 11) is 1.67. The van der Waals surface area contributed by atoms with Crippen LogP contribution in [0.3, 0.4) is 0 Å². The van der Waals surface area contributed by atoms with Crippen molar-refractivity contribution in [3.05, 3.63) is 23.8 Å². The highest BCUT2D eigenvalue weighted by atomic mass is 16.5. The van der Waals surface area contributed by atoms with Gasteiger partial charge in [0.2, 0.25) is 0 Å². The summed E-state index contributed by atoms with van der Waals surface area (Å²) in [4.78, 5) is 4.35. The molecule has 1 aromatic carbocycles. The third-order valence-corrected chi connectivity index (χ3v) is 3.69. The van der Waals surface area contributed by atoms with E-state index in [2.05, 4.69) is 10.3 Å². The van der Waals surface area contributed by atoms with Crippen LogP contribution in [0.2, 0.25) is 0 Å². The van der Waals surface area contributed by atoms with E-state index in [0.717, 1.165) is 29.9 Å². The first kappa shape index (κ1) is 16.5. The minimum atomic E-state index is 0.279. The Morgan fingerprint density at radius 1 is 1.32 bits per heavy atom. The predicted molar refractivity (Wildman–Crippen MR) is 89.5 cm³/mol. The molecule has 5 nitrogen and oxygen atoms in total. The maximum atomic E-state index is 6.09. The second kappa shape index (κ2) is 7.92. The first-order chi connectivity index (χ1) is 10.6. The van der Waals surface area contributed by atoms with Crippen molar-refractivity contribution in [2.75, 3.05) is 7.11 Å². The molecule has 0 saturated heterocycles. The largest absolute Gasteiger partial charge is 0.493 e. The molecule has 0 aliphatic heterocycles. The zero-order chi connectivity index (χ0) is 15.9. The van der Waals surface area contributed by atoms with Crippen molar-refractivity contribution < 1.29 is 9.47 Å². The van der Waals surface area contributed by atoms with E-state index in [1.165, 1.54) is 12.8 Å². The number of rotatable bonds is 6. The standard InChI is InChI=1S/C17H27N3O2/c1-12(2)20-17(18)19-11-13-8-9-15(21-3)16(10-13)22-14-6-4-5-7-14/h8-10,12,14H,4-7,11H2,1-3H3,(H3,18,19,20). The number of nitrogens with zero attached hydrogens (tertiary/aromatic N) is 1. The zero-order valence-electron chi connectivity index (χ0n) is 13.8. The number of hydrogen-bond acceptors (Lipinski definition) is 3. The van der Waals surface area contributed by atoms with Crippen molar-refractivity contribution in [2.45, 2.75) is 58.2 Å². The Labute approximate surface area is 132 Å². The summed E-state index contributed by atoms with van der Waals surface area (Å²) >= 11 is 0. The summed E-state index contributed by atoms with van der Waals surface area (Å²) in [5, 5.41) is 3.08. The van der Waals surface area contributed by atoms with Gasteiger partial charge in [0.15, 0.2) is 17.5 Å². The average Bonchev–Trinajstić information content (AvgIpc) is 2.97. The number of ether oxygens (including phenoxy) is 2. The summed E-state index contributed by atoms with van der Waals surface area (Å²) in [5.41, 5.74) is 6.89. The average molecular weight is 305 g/mol. The van der Waals surface area contributed by atoms with Crippen LogP contribution in [-0.4, -0.2) is 25.2 Å².